The van der Waals surface area contributed by atoms with Crippen molar-refractivity contribution >= 4 is 11.3 Å². The number of hydrogen-bond acceptors (Lipinski definition) is 2. The molecule has 2 heteroatoms. The Labute approximate surface area is 84.2 Å². The predicted molar refractivity (Wildman–Crippen MR) is 58.3 cm³/mol. The van der Waals surface area contributed by atoms with Crippen LogP contribution < -0.4 is 5.32 Å². The van der Waals surface area contributed by atoms with E-state index in [0.29, 0.717) is 0 Å². The molecule has 72 valence electrons. The second-order valence-electron chi connectivity index (χ2n) is 3.88. The number of rotatable bonds is 3. The molecule has 1 heterocycles. The Morgan fingerprint density at radius 2 is 2.46 bits per heavy atom. The molecule has 13 heavy (non-hydrogen) atoms. The van der Waals surface area contributed by atoms with Gasteiger partial charge in [0.15, 0.2) is 0 Å². The summed E-state index contributed by atoms with van der Waals surface area (Å²) < 4.78 is 0. The SMILES string of the molecule is CCNC1CC(c2cccs2)C1C. The average molecular weight is 195 g/mol. The number of thiophene rings is 1. The summed E-state index contributed by atoms with van der Waals surface area (Å²) in [5.74, 6) is 1.64. The van der Waals surface area contributed by atoms with Crippen LogP contribution in [-0.2, 0) is 0 Å². The minimum Gasteiger partial charge on any atom is -0.314 e. The maximum absolute atomic E-state index is 3.53. The first kappa shape index (κ1) is 9.22. The monoisotopic (exact) mass is 195 g/mol. The highest BCUT2D eigenvalue weighted by Gasteiger charge is 2.38. The van der Waals surface area contributed by atoms with E-state index in [0.717, 1.165) is 24.4 Å². The molecule has 0 bridgehead atoms. The highest BCUT2D eigenvalue weighted by molar-refractivity contribution is 7.10. The van der Waals surface area contributed by atoms with E-state index in [-0.39, 0.29) is 0 Å². The number of hydrogen-bond donors (Lipinski definition) is 1. The Balaban J connectivity index is 1.93. The predicted octanol–water partition coefficient (Wildman–Crippen LogP) is 2.85. The maximum atomic E-state index is 3.53. The van der Waals surface area contributed by atoms with Crippen LogP contribution >= 0.6 is 11.3 Å². The van der Waals surface area contributed by atoms with E-state index >= 15 is 0 Å². The number of nitrogens with one attached hydrogen (secondary N) is 1. The van der Waals surface area contributed by atoms with Gasteiger partial charge in [0.2, 0.25) is 0 Å². The molecule has 0 saturated heterocycles. The standard InChI is InChI=1S/C11H17NS/c1-3-12-10-7-9(8(10)2)11-5-4-6-13-11/h4-6,8-10,12H,3,7H2,1-2H3. The van der Waals surface area contributed by atoms with Crippen LogP contribution in [0.2, 0.25) is 0 Å². The van der Waals surface area contributed by atoms with Crippen LogP contribution in [0.25, 0.3) is 0 Å². The molecule has 1 N–H and O–H groups in total. The molecule has 3 unspecified atom stereocenters. The normalized spacial score (nSPS) is 32.9. The van der Waals surface area contributed by atoms with Crippen LogP contribution in [-0.4, -0.2) is 12.6 Å². The zero-order chi connectivity index (χ0) is 9.26. The molecule has 1 aromatic heterocycles. The second kappa shape index (κ2) is 3.81. The van der Waals surface area contributed by atoms with Gasteiger partial charge >= 0.3 is 0 Å². The van der Waals surface area contributed by atoms with E-state index in [1.807, 2.05) is 11.3 Å². The van der Waals surface area contributed by atoms with E-state index in [1.165, 1.54) is 6.42 Å². The zero-order valence-electron chi connectivity index (χ0n) is 8.29. The molecule has 3 atom stereocenters. The smallest absolute Gasteiger partial charge is 0.0105 e. The van der Waals surface area contributed by atoms with Gasteiger partial charge in [0.05, 0.1) is 0 Å². The molecule has 1 aliphatic rings. The van der Waals surface area contributed by atoms with Crippen molar-refractivity contribution in [3.63, 3.8) is 0 Å². The van der Waals surface area contributed by atoms with Gasteiger partial charge in [-0.2, -0.15) is 0 Å². The first-order valence-electron chi connectivity index (χ1n) is 5.09. The Morgan fingerprint density at radius 3 is 3.00 bits per heavy atom. The summed E-state index contributed by atoms with van der Waals surface area (Å²) in [6.45, 7) is 5.65. The van der Waals surface area contributed by atoms with E-state index in [9.17, 15) is 0 Å². The fourth-order valence-corrected chi connectivity index (χ4v) is 3.15. The first-order chi connectivity index (χ1) is 6.33. The van der Waals surface area contributed by atoms with Gasteiger partial charge in [0.1, 0.15) is 0 Å². The summed E-state index contributed by atoms with van der Waals surface area (Å²) >= 11 is 1.90. The largest absolute Gasteiger partial charge is 0.314 e. The van der Waals surface area contributed by atoms with Crippen LogP contribution in [0.5, 0.6) is 0 Å². The average Bonchev–Trinajstić information content (AvgIpc) is 2.63. The molecule has 0 radical (unpaired) electrons. The van der Waals surface area contributed by atoms with Gasteiger partial charge in [-0.15, -0.1) is 11.3 Å². The molecular formula is C11H17NS. The minimum atomic E-state index is 0.761. The third-order valence-corrected chi connectivity index (χ3v) is 4.16. The van der Waals surface area contributed by atoms with Crippen molar-refractivity contribution in [3.05, 3.63) is 22.4 Å². The molecule has 0 spiro atoms. The van der Waals surface area contributed by atoms with E-state index in [4.69, 9.17) is 0 Å². The van der Waals surface area contributed by atoms with E-state index in [1.54, 1.807) is 4.88 Å². The topological polar surface area (TPSA) is 12.0 Å². The van der Waals surface area contributed by atoms with Crippen molar-refractivity contribution in [1.82, 2.24) is 5.32 Å². The highest BCUT2D eigenvalue weighted by atomic mass is 32.1. The van der Waals surface area contributed by atoms with E-state index < -0.39 is 0 Å². The van der Waals surface area contributed by atoms with Gasteiger partial charge < -0.3 is 5.32 Å². The molecule has 1 aliphatic carbocycles. The Hall–Kier alpha value is -0.340. The van der Waals surface area contributed by atoms with Gasteiger partial charge in [-0.25, -0.2) is 0 Å². The molecule has 0 amide bonds. The van der Waals surface area contributed by atoms with Crippen LogP contribution in [0.15, 0.2) is 17.5 Å². The summed E-state index contributed by atoms with van der Waals surface area (Å²) in [5.41, 5.74) is 0. The second-order valence-corrected chi connectivity index (χ2v) is 4.86. The van der Waals surface area contributed by atoms with Crippen LogP contribution in [0.4, 0.5) is 0 Å². The van der Waals surface area contributed by atoms with Crippen molar-refractivity contribution in [2.75, 3.05) is 6.54 Å². The molecule has 1 saturated carbocycles. The van der Waals surface area contributed by atoms with Crippen molar-refractivity contribution in [2.45, 2.75) is 32.2 Å². The van der Waals surface area contributed by atoms with Crippen molar-refractivity contribution in [1.29, 1.82) is 0 Å². The summed E-state index contributed by atoms with van der Waals surface area (Å²) in [5, 5.41) is 5.71. The van der Waals surface area contributed by atoms with Crippen molar-refractivity contribution in [2.24, 2.45) is 5.92 Å². The molecule has 1 aromatic rings. The highest BCUT2D eigenvalue weighted by Crippen LogP contribution is 2.43. The lowest BCUT2D eigenvalue weighted by molar-refractivity contribution is 0.190. The third-order valence-electron chi connectivity index (χ3n) is 3.15. The molecule has 0 aromatic carbocycles. The van der Waals surface area contributed by atoms with Crippen LogP contribution in [0.1, 0.15) is 31.1 Å². The fraction of sp³-hybridized carbons (Fsp3) is 0.636. The molecule has 0 aliphatic heterocycles. The van der Waals surface area contributed by atoms with Gasteiger partial charge in [-0.3, -0.25) is 0 Å². The molecule has 1 fully saturated rings. The summed E-state index contributed by atoms with van der Waals surface area (Å²) in [4.78, 5) is 1.57. The summed E-state index contributed by atoms with van der Waals surface area (Å²) in [7, 11) is 0. The zero-order valence-corrected chi connectivity index (χ0v) is 9.10. The Kier molecular flexibility index (Phi) is 2.70. The van der Waals surface area contributed by atoms with Gasteiger partial charge in [0.25, 0.3) is 0 Å². The lowest BCUT2D eigenvalue weighted by atomic mass is 9.69. The van der Waals surface area contributed by atoms with Gasteiger partial charge in [-0.1, -0.05) is 19.9 Å². The Bertz CT molecular complexity index is 255. The lowest BCUT2D eigenvalue weighted by Crippen LogP contribution is -2.47. The van der Waals surface area contributed by atoms with Crippen LogP contribution in [0.3, 0.4) is 0 Å². The lowest BCUT2D eigenvalue weighted by Gasteiger charge is -2.42. The summed E-state index contributed by atoms with van der Waals surface area (Å²) in [6, 6.07) is 5.19. The van der Waals surface area contributed by atoms with Gasteiger partial charge in [-0.05, 0) is 36.2 Å². The molecular weight excluding hydrogens is 178 g/mol. The van der Waals surface area contributed by atoms with E-state index in [2.05, 4.69) is 36.7 Å². The summed E-state index contributed by atoms with van der Waals surface area (Å²) in [6.07, 6.45) is 1.33. The first-order valence-corrected chi connectivity index (χ1v) is 5.97. The molecule has 1 nitrogen and oxygen atoms in total. The van der Waals surface area contributed by atoms with Crippen LogP contribution in [0, 0.1) is 5.92 Å². The molecule has 2 rings (SSSR count). The van der Waals surface area contributed by atoms with Crippen molar-refractivity contribution < 1.29 is 0 Å². The maximum Gasteiger partial charge on any atom is 0.0105 e. The Morgan fingerprint density at radius 1 is 1.62 bits per heavy atom. The van der Waals surface area contributed by atoms with Gasteiger partial charge in [0, 0.05) is 10.9 Å². The third kappa shape index (κ3) is 1.65. The quantitative estimate of drug-likeness (QED) is 0.782. The fourth-order valence-electron chi connectivity index (χ4n) is 2.20. The minimum absolute atomic E-state index is 0.761. The van der Waals surface area contributed by atoms with Crippen molar-refractivity contribution in [3.8, 4) is 0 Å².